The molecule has 24 heavy (non-hydrogen) atoms. The quantitative estimate of drug-likeness (QED) is 0.688. The molecule has 3 aromatic rings. The summed E-state index contributed by atoms with van der Waals surface area (Å²) < 4.78 is 45.2. The van der Waals surface area contributed by atoms with E-state index in [0.717, 1.165) is 6.07 Å². The molecule has 0 bridgehead atoms. The largest absolute Gasteiger partial charge is 0.460 e. The normalized spacial score (nSPS) is 11.7. The van der Waals surface area contributed by atoms with Crippen LogP contribution in [-0.4, -0.2) is 32.2 Å². The molecule has 3 rings (SSSR count). The predicted molar refractivity (Wildman–Crippen MR) is 77.2 cm³/mol. The Balaban J connectivity index is 2.22. The average Bonchev–Trinajstić information content (AvgIpc) is 2.98. The molecular weight excluding hydrogens is 325 g/mol. The Morgan fingerprint density at radius 1 is 1.21 bits per heavy atom. The van der Waals surface area contributed by atoms with Crippen LogP contribution in [0.5, 0.6) is 0 Å². The average molecular weight is 336 g/mol. The zero-order valence-corrected chi connectivity index (χ0v) is 12.4. The van der Waals surface area contributed by atoms with E-state index in [-0.39, 0.29) is 18.1 Å². The van der Waals surface area contributed by atoms with Gasteiger partial charge in [-0.15, -0.1) is 5.10 Å². The van der Waals surface area contributed by atoms with E-state index in [1.54, 1.807) is 37.3 Å². The summed E-state index contributed by atoms with van der Waals surface area (Å²) in [5.41, 5.74) is -0.501. The summed E-state index contributed by atoms with van der Waals surface area (Å²) in [5.74, 6) is -1.70. The minimum Gasteiger partial charge on any atom is -0.460 e. The van der Waals surface area contributed by atoms with Gasteiger partial charge < -0.3 is 4.74 Å². The number of benzene rings is 1. The van der Waals surface area contributed by atoms with Gasteiger partial charge in [-0.2, -0.15) is 22.7 Å². The second-order valence-electron chi connectivity index (χ2n) is 4.76. The van der Waals surface area contributed by atoms with Crippen molar-refractivity contribution in [3.8, 4) is 11.3 Å². The van der Waals surface area contributed by atoms with Gasteiger partial charge in [-0.3, -0.25) is 0 Å². The van der Waals surface area contributed by atoms with E-state index in [1.807, 2.05) is 0 Å². The fourth-order valence-corrected chi connectivity index (χ4v) is 2.11. The molecular formula is C15H11F3N4O2. The highest BCUT2D eigenvalue weighted by Crippen LogP contribution is 2.31. The van der Waals surface area contributed by atoms with Gasteiger partial charge >= 0.3 is 12.1 Å². The highest BCUT2D eigenvalue weighted by Gasteiger charge is 2.36. The summed E-state index contributed by atoms with van der Waals surface area (Å²) in [6.07, 6.45) is -4.69. The molecule has 6 nitrogen and oxygen atoms in total. The zero-order chi connectivity index (χ0) is 17.3. The number of nitrogens with zero attached hydrogens (tertiary/aromatic N) is 4. The van der Waals surface area contributed by atoms with Gasteiger partial charge in [0.2, 0.25) is 0 Å². The molecule has 2 heterocycles. The van der Waals surface area contributed by atoms with Crippen LogP contribution >= 0.6 is 0 Å². The first-order chi connectivity index (χ1) is 11.4. The molecule has 0 N–H and O–H groups in total. The molecule has 0 saturated heterocycles. The van der Waals surface area contributed by atoms with E-state index in [0.29, 0.717) is 10.1 Å². The molecule has 0 saturated carbocycles. The minimum absolute atomic E-state index is 0.0587. The number of rotatable bonds is 3. The topological polar surface area (TPSA) is 69.4 Å². The maximum absolute atomic E-state index is 13.3. The van der Waals surface area contributed by atoms with Gasteiger partial charge in [-0.25, -0.2) is 9.78 Å². The van der Waals surface area contributed by atoms with E-state index >= 15 is 0 Å². The number of esters is 1. The van der Waals surface area contributed by atoms with Crippen LogP contribution in [0.15, 0.2) is 36.4 Å². The van der Waals surface area contributed by atoms with Crippen molar-refractivity contribution in [3.63, 3.8) is 0 Å². The lowest BCUT2D eigenvalue weighted by Crippen LogP contribution is -2.14. The maximum atomic E-state index is 13.3. The van der Waals surface area contributed by atoms with Gasteiger partial charge in [0.1, 0.15) is 0 Å². The third-order valence-electron chi connectivity index (χ3n) is 3.13. The van der Waals surface area contributed by atoms with Gasteiger partial charge in [0.15, 0.2) is 5.69 Å². The van der Waals surface area contributed by atoms with Gasteiger partial charge in [0.05, 0.1) is 12.3 Å². The molecule has 0 radical (unpaired) electrons. The first kappa shape index (κ1) is 15.9. The van der Waals surface area contributed by atoms with Crippen LogP contribution in [0.25, 0.3) is 17.0 Å². The molecule has 0 atom stereocenters. The Kier molecular flexibility index (Phi) is 3.92. The first-order valence-electron chi connectivity index (χ1n) is 6.97. The van der Waals surface area contributed by atoms with Crippen molar-refractivity contribution in [2.45, 2.75) is 13.1 Å². The number of carbonyl (C=O) groups is 1. The number of carbonyl (C=O) groups excluding carboxylic acids is 1. The van der Waals surface area contributed by atoms with Crippen molar-refractivity contribution in [2.24, 2.45) is 0 Å². The Bertz CT molecular complexity index is 891. The fourth-order valence-electron chi connectivity index (χ4n) is 2.11. The monoisotopic (exact) mass is 336 g/mol. The van der Waals surface area contributed by atoms with Gasteiger partial charge in [0.25, 0.3) is 11.6 Å². The Labute approximate surface area is 133 Å². The van der Waals surface area contributed by atoms with Gasteiger partial charge in [-0.05, 0) is 13.0 Å². The SMILES string of the molecule is CCOC(=O)c1nc2nc(-c3ccccc3)cc(C(F)(F)F)n2n1. The number of alkyl halides is 3. The van der Waals surface area contributed by atoms with E-state index < -0.39 is 23.7 Å². The van der Waals surface area contributed by atoms with Crippen molar-refractivity contribution in [3.05, 3.63) is 47.9 Å². The van der Waals surface area contributed by atoms with Crippen LogP contribution in [0.1, 0.15) is 23.2 Å². The van der Waals surface area contributed by atoms with Crippen LogP contribution in [-0.2, 0) is 10.9 Å². The Morgan fingerprint density at radius 3 is 2.54 bits per heavy atom. The molecule has 0 unspecified atom stereocenters. The molecule has 0 aliphatic heterocycles. The molecule has 0 amide bonds. The molecule has 1 aromatic carbocycles. The van der Waals surface area contributed by atoms with E-state index in [9.17, 15) is 18.0 Å². The molecule has 0 fully saturated rings. The molecule has 124 valence electrons. The first-order valence-corrected chi connectivity index (χ1v) is 6.97. The van der Waals surface area contributed by atoms with Crippen LogP contribution < -0.4 is 0 Å². The number of fused-ring (bicyclic) bond motifs is 1. The second kappa shape index (κ2) is 5.91. The lowest BCUT2D eigenvalue weighted by Gasteiger charge is -2.10. The minimum atomic E-state index is -4.69. The summed E-state index contributed by atoms with van der Waals surface area (Å²) in [6.45, 7) is 1.63. The molecule has 0 aliphatic rings. The number of halogens is 3. The highest BCUT2D eigenvalue weighted by molar-refractivity contribution is 5.85. The maximum Gasteiger partial charge on any atom is 0.433 e. The highest BCUT2D eigenvalue weighted by atomic mass is 19.4. The van der Waals surface area contributed by atoms with Crippen molar-refractivity contribution >= 4 is 11.7 Å². The fraction of sp³-hybridized carbons (Fsp3) is 0.200. The zero-order valence-electron chi connectivity index (χ0n) is 12.4. The van der Waals surface area contributed by atoms with Gasteiger partial charge in [-0.1, -0.05) is 30.3 Å². The number of hydrogen-bond donors (Lipinski definition) is 0. The third kappa shape index (κ3) is 2.92. The molecule has 2 aromatic heterocycles. The van der Waals surface area contributed by atoms with Crippen LogP contribution in [0.2, 0.25) is 0 Å². The molecule has 0 aliphatic carbocycles. The van der Waals surface area contributed by atoms with Crippen molar-refractivity contribution in [1.82, 2.24) is 19.6 Å². The standard InChI is InChI=1S/C15H11F3N4O2/c1-2-24-13(23)12-20-14-19-10(9-6-4-3-5-7-9)8-11(15(16,17)18)22(14)21-12/h3-8H,2H2,1H3. The lowest BCUT2D eigenvalue weighted by atomic mass is 10.1. The van der Waals surface area contributed by atoms with E-state index in [1.165, 1.54) is 0 Å². The third-order valence-corrected chi connectivity index (χ3v) is 3.13. The summed E-state index contributed by atoms with van der Waals surface area (Å²) in [4.78, 5) is 19.5. The summed E-state index contributed by atoms with van der Waals surface area (Å²) in [6, 6.07) is 9.22. The Hall–Kier alpha value is -2.97. The van der Waals surface area contributed by atoms with Crippen molar-refractivity contribution in [1.29, 1.82) is 0 Å². The summed E-state index contributed by atoms with van der Waals surface area (Å²) >= 11 is 0. The number of ether oxygens (including phenoxy) is 1. The number of aromatic nitrogens is 4. The van der Waals surface area contributed by atoms with Gasteiger partial charge in [0, 0.05) is 5.56 Å². The predicted octanol–water partition coefficient (Wildman–Crippen LogP) is 2.99. The van der Waals surface area contributed by atoms with Crippen molar-refractivity contribution in [2.75, 3.05) is 6.61 Å². The smallest absolute Gasteiger partial charge is 0.433 e. The molecule has 0 spiro atoms. The Morgan fingerprint density at radius 2 is 1.92 bits per heavy atom. The second-order valence-corrected chi connectivity index (χ2v) is 4.76. The van der Waals surface area contributed by atoms with Crippen LogP contribution in [0.3, 0.4) is 0 Å². The van der Waals surface area contributed by atoms with E-state index in [4.69, 9.17) is 4.74 Å². The van der Waals surface area contributed by atoms with Crippen LogP contribution in [0, 0.1) is 0 Å². The van der Waals surface area contributed by atoms with E-state index in [2.05, 4.69) is 15.1 Å². The van der Waals surface area contributed by atoms with Crippen LogP contribution in [0.4, 0.5) is 13.2 Å². The number of hydrogen-bond acceptors (Lipinski definition) is 5. The summed E-state index contributed by atoms with van der Waals surface area (Å²) in [7, 11) is 0. The molecule has 9 heteroatoms. The van der Waals surface area contributed by atoms with Crippen molar-refractivity contribution < 1.29 is 22.7 Å². The lowest BCUT2D eigenvalue weighted by molar-refractivity contribution is -0.142. The summed E-state index contributed by atoms with van der Waals surface area (Å²) in [5, 5.41) is 3.58.